The lowest BCUT2D eigenvalue weighted by atomic mass is 10.1. The Kier molecular flexibility index (Phi) is 58.4. The first kappa shape index (κ1) is 70.5. The third-order valence-corrected chi connectivity index (χ3v) is 12.6. The summed E-state index contributed by atoms with van der Waals surface area (Å²) in [6.07, 6.45) is 87.3. The highest BCUT2D eigenvalue weighted by atomic mass is 16.6. The third kappa shape index (κ3) is 60.3. The first-order chi connectivity index (χ1) is 37.0. The maximum atomic E-state index is 12.9. The van der Waals surface area contributed by atoms with Crippen LogP contribution >= 0.6 is 0 Å². The number of carbonyl (C=O) groups excluding carboxylic acids is 3. The number of allylic oxidation sites excluding steroid dienone is 22. The van der Waals surface area contributed by atoms with Crippen LogP contribution in [0.5, 0.6) is 0 Å². The van der Waals surface area contributed by atoms with Gasteiger partial charge in [-0.3, -0.25) is 14.4 Å². The maximum Gasteiger partial charge on any atom is 0.306 e. The molecule has 0 aliphatic carbocycles. The Morgan fingerprint density at radius 2 is 0.520 bits per heavy atom. The lowest BCUT2D eigenvalue weighted by molar-refractivity contribution is -0.167. The molecule has 0 aromatic carbocycles. The highest BCUT2D eigenvalue weighted by Gasteiger charge is 2.19. The van der Waals surface area contributed by atoms with Crippen molar-refractivity contribution in [1.29, 1.82) is 0 Å². The van der Waals surface area contributed by atoms with Crippen LogP contribution in [0, 0.1) is 0 Å². The van der Waals surface area contributed by atoms with Gasteiger partial charge in [-0.2, -0.15) is 0 Å². The zero-order chi connectivity index (χ0) is 54.3. The van der Waals surface area contributed by atoms with Crippen LogP contribution < -0.4 is 0 Å². The quantitative estimate of drug-likeness (QED) is 0.0261. The van der Waals surface area contributed by atoms with E-state index >= 15 is 0 Å². The topological polar surface area (TPSA) is 78.9 Å². The summed E-state index contributed by atoms with van der Waals surface area (Å²) >= 11 is 0. The van der Waals surface area contributed by atoms with Crippen LogP contribution in [-0.2, 0) is 28.6 Å². The van der Waals surface area contributed by atoms with Crippen molar-refractivity contribution in [2.24, 2.45) is 0 Å². The predicted octanol–water partition coefficient (Wildman–Crippen LogP) is 21.0. The minimum Gasteiger partial charge on any atom is -0.462 e. The van der Waals surface area contributed by atoms with Crippen molar-refractivity contribution in [1.82, 2.24) is 0 Å². The lowest BCUT2D eigenvalue weighted by Crippen LogP contribution is -2.30. The van der Waals surface area contributed by atoms with Gasteiger partial charge in [-0.1, -0.05) is 257 Å². The molecule has 0 saturated carbocycles. The fraction of sp³-hybridized carbons (Fsp3) is 0.638. The molecule has 0 saturated heterocycles. The summed E-state index contributed by atoms with van der Waals surface area (Å²) < 4.78 is 16.8. The molecule has 0 rings (SSSR count). The summed E-state index contributed by atoms with van der Waals surface area (Å²) in [6, 6.07) is 0. The molecule has 6 heteroatoms. The van der Waals surface area contributed by atoms with Crippen molar-refractivity contribution in [3.63, 3.8) is 0 Å². The Morgan fingerprint density at radius 3 is 0.867 bits per heavy atom. The standard InChI is InChI=1S/C69H112O6/c1-4-7-10-13-16-19-22-24-26-28-30-31-32-33-34-35-36-37-39-40-42-44-47-50-53-56-59-62-68(71)74-65-66(64-73-67(70)61-58-55-52-49-46-21-18-15-12-9-6-3)75-69(72)63-60-57-54-51-48-45-43-41-38-29-27-25-23-20-17-14-11-8-5-2/h7,10,16-17,19-20,24-27,30-31,33-34,36-38,40-42,47,50,66H,4-6,8-9,11-15,18,21-23,28-29,32,35,39,43-46,48-49,51-65H2,1-3H3/b10-7-,19-16-,20-17-,26-24-,27-25-,31-30-,34-33-,37-36-,41-38-,42-40-,50-47-. The third-order valence-electron chi connectivity index (χ3n) is 12.6. The summed E-state index contributed by atoms with van der Waals surface area (Å²) in [7, 11) is 0. The molecule has 0 N–H and O–H groups in total. The summed E-state index contributed by atoms with van der Waals surface area (Å²) in [5, 5.41) is 0. The Bertz CT molecular complexity index is 1620. The van der Waals surface area contributed by atoms with Crippen LogP contribution in [0.25, 0.3) is 0 Å². The van der Waals surface area contributed by atoms with Gasteiger partial charge in [0.25, 0.3) is 0 Å². The van der Waals surface area contributed by atoms with Gasteiger partial charge in [-0.25, -0.2) is 0 Å². The molecular weight excluding hydrogens is 925 g/mol. The van der Waals surface area contributed by atoms with E-state index < -0.39 is 6.10 Å². The van der Waals surface area contributed by atoms with Crippen molar-refractivity contribution < 1.29 is 28.6 Å². The number of hydrogen-bond acceptors (Lipinski definition) is 6. The van der Waals surface area contributed by atoms with Crippen molar-refractivity contribution >= 4 is 17.9 Å². The van der Waals surface area contributed by atoms with Crippen LogP contribution in [0.1, 0.15) is 265 Å². The Morgan fingerprint density at radius 1 is 0.280 bits per heavy atom. The van der Waals surface area contributed by atoms with E-state index in [0.29, 0.717) is 25.7 Å². The molecule has 75 heavy (non-hydrogen) atoms. The van der Waals surface area contributed by atoms with Gasteiger partial charge >= 0.3 is 17.9 Å². The first-order valence-electron chi connectivity index (χ1n) is 30.7. The second kappa shape index (κ2) is 62.1. The SMILES string of the molecule is CC/C=C\C/C=C\C/C=C\C/C=C\C/C=C\C/C=C\C/C=C\C/C=C\CCCCC(=O)OCC(COC(=O)CCCCCCCCCCCCC)OC(=O)CCCCCCCC/C=C\C/C=C\C/C=C\CCCCC. The van der Waals surface area contributed by atoms with Crippen LogP contribution in [0.15, 0.2) is 134 Å². The zero-order valence-corrected chi connectivity index (χ0v) is 48.5. The van der Waals surface area contributed by atoms with Crippen LogP contribution in [0.4, 0.5) is 0 Å². The second-order valence-corrected chi connectivity index (χ2v) is 19.9. The Labute approximate surface area is 462 Å². The summed E-state index contributed by atoms with van der Waals surface area (Å²) in [5.41, 5.74) is 0. The van der Waals surface area contributed by atoms with Gasteiger partial charge in [0.15, 0.2) is 6.10 Å². The molecule has 0 fully saturated rings. The molecule has 0 bridgehead atoms. The molecule has 0 aromatic heterocycles. The fourth-order valence-electron chi connectivity index (χ4n) is 8.05. The molecule has 424 valence electrons. The fourth-order valence-corrected chi connectivity index (χ4v) is 8.05. The molecular formula is C69H112O6. The van der Waals surface area contributed by atoms with Crippen molar-refractivity contribution in [2.75, 3.05) is 13.2 Å². The maximum absolute atomic E-state index is 12.9. The van der Waals surface area contributed by atoms with Gasteiger partial charge < -0.3 is 14.2 Å². The van der Waals surface area contributed by atoms with Gasteiger partial charge in [0.1, 0.15) is 13.2 Å². The minimum atomic E-state index is -0.807. The largest absolute Gasteiger partial charge is 0.462 e. The number of carbonyl (C=O) groups is 3. The molecule has 0 radical (unpaired) electrons. The Hall–Kier alpha value is -4.45. The average Bonchev–Trinajstić information content (AvgIpc) is 3.41. The van der Waals surface area contributed by atoms with E-state index in [1.807, 2.05) is 0 Å². The van der Waals surface area contributed by atoms with E-state index in [0.717, 1.165) is 128 Å². The number of rotatable bonds is 54. The van der Waals surface area contributed by atoms with Gasteiger partial charge in [0, 0.05) is 19.3 Å². The molecule has 0 amide bonds. The van der Waals surface area contributed by atoms with E-state index in [4.69, 9.17) is 14.2 Å². The summed E-state index contributed by atoms with van der Waals surface area (Å²) in [6.45, 7) is 6.44. The van der Waals surface area contributed by atoms with Crippen molar-refractivity contribution in [2.45, 2.75) is 271 Å². The van der Waals surface area contributed by atoms with Gasteiger partial charge in [-0.05, 0) is 122 Å². The highest BCUT2D eigenvalue weighted by Crippen LogP contribution is 2.14. The molecule has 0 spiro atoms. The molecule has 1 atom stereocenters. The predicted molar refractivity (Wildman–Crippen MR) is 325 cm³/mol. The van der Waals surface area contributed by atoms with E-state index in [-0.39, 0.29) is 31.1 Å². The lowest BCUT2D eigenvalue weighted by Gasteiger charge is -2.18. The van der Waals surface area contributed by atoms with Crippen molar-refractivity contribution in [3.05, 3.63) is 134 Å². The number of ether oxygens (including phenoxy) is 3. The smallest absolute Gasteiger partial charge is 0.306 e. The highest BCUT2D eigenvalue weighted by molar-refractivity contribution is 5.71. The molecule has 0 aliphatic rings. The molecule has 1 unspecified atom stereocenters. The van der Waals surface area contributed by atoms with Crippen molar-refractivity contribution in [3.8, 4) is 0 Å². The van der Waals surface area contributed by atoms with E-state index in [2.05, 4.69) is 154 Å². The molecule has 0 aliphatic heterocycles. The van der Waals surface area contributed by atoms with E-state index in [1.54, 1.807) is 0 Å². The van der Waals surface area contributed by atoms with Gasteiger partial charge in [-0.15, -0.1) is 0 Å². The van der Waals surface area contributed by atoms with E-state index in [1.165, 1.54) is 89.9 Å². The second-order valence-electron chi connectivity index (χ2n) is 19.9. The van der Waals surface area contributed by atoms with Crippen LogP contribution in [-0.4, -0.2) is 37.2 Å². The number of hydrogen-bond donors (Lipinski definition) is 0. The molecule has 6 nitrogen and oxygen atoms in total. The minimum absolute atomic E-state index is 0.0994. The normalized spacial score (nSPS) is 13.1. The first-order valence-corrected chi connectivity index (χ1v) is 30.7. The zero-order valence-electron chi connectivity index (χ0n) is 48.5. The van der Waals surface area contributed by atoms with Crippen LogP contribution in [0.2, 0.25) is 0 Å². The van der Waals surface area contributed by atoms with Gasteiger partial charge in [0.05, 0.1) is 0 Å². The monoisotopic (exact) mass is 1040 g/mol. The summed E-state index contributed by atoms with van der Waals surface area (Å²) in [4.78, 5) is 38.2. The average molecular weight is 1040 g/mol. The number of unbranched alkanes of at least 4 members (excludes halogenated alkanes) is 21. The number of esters is 3. The van der Waals surface area contributed by atoms with E-state index in [9.17, 15) is 14.4 Å². The summed E-state index contributed by atoms with van der Waals surface area (Å²) in [5.74, 6) is -0.959. The van der Waals surface area contributed by atoms with Crippen LogP contribution in [0.3, 0.4) is 0 Å². The molecule has 0 heterocycles. The molecule has 0 aromatic rings. The van der Waals surface area contributed by atoms with Gasteiger partial charge in [0.2, 0.25) is 0 Å². The Balaban J connectivity index is 4.43.